The van der Waals surface area contributed by atoms with E-state index < -0.39 is 0 Å². The summed E-state index contributed by atoms with van der Waals surface area (Å²) in [6.07, 6.45) is 1.69. The molecule has 0 bridgehead atoms. The molecule has 4 aromatic rings. The van der Waals surface area contributed by atoms with Crippen LogP contribution in [-0.4, -0.2) is 14.8 Å². The van der Waals surface area contributed by atoms with Gasteiger partial charge in [0, 0.05) is 16.3 Å². The topological polar surface area (TPSA) is 43.9 Å². The summed E-state index contributed by atoms with van der Waals surface area (Å²) >= 11 is 7.73. The number of nitrogens with zero attached hydrogens (tertiary/aromatic N) is 3. The first-order valence-corrected chi connectivity index (χ1v) is 10.4. The molecule has 0 saturated carbocycles. The molecule has 0 N–H and O–H groups in total. The van der Waals surface area contributed by atoms with Crippen molar-refractivity contribution in [3.63, 3.8) is 0 Å². The third kappa shape index (κ3) is 4.16. The fourth-order valence-electron chi connectivity index (χ4n) is 3.01. The van der Waals surface area contributed by atoms with Gasteiger partial charge in [0.05, 0.1) is 12.8 Å². The van der Waals surface area contributed by atoms with E-state index in [0.717, 1.165) is 28.1 Å². The molecule has 28 heavy (non-hydrogen) atoms. The summed E-state index contributed by atoms with van der Waals surface area (Å²) < 4.78 is 7.66. The lowest BCUT2D eigenvalue weighted by Gasteiger charge is -2.10. The number of aromatic nitrogens is 3. The normalized spacial score (nSPS) is 11.1. The van der Waals surface area contributed by atoms with E-state index in [1.54, 1.807) is 18.0 Å². The second-order valence-corrected chi connectivity index (χ2v) is 8.08. The molecule has 0 fully saturated rings. The van der Waals surface area contributed by atoms with E-state index in [1.165, 1.54) is 16.7 Å². The van der Waals surface area contributed by atoms with Crippen molar-refractivity contribution in [3.05, 3.63) is 88.3 Å². The second kappa shape index (κ2) is 8.25. The molecule has 0 unspecified atom stereocenters. The van der Waals surface area contributed by atoms with Gasteiger partial charge in [-0.25, -0.2) is 0 Å². The van der Waals surface area contributed by atoms with Crippen LogP contribution in [0.15, 0.2) is 70.4 Å². The van der Waals surface area contributed by atoms with Gasteiger partial charge in [-0.05, 0) is 61.4 Å². The molecule has 4 rings (SSSR count). The highest BCUT2D eigenvalue weighted by Gasteiger charge is 2.16. The van der Waals surface area contributed by atoms with Gasteiger partial charge in [-0.2, -0.15) is 0 Å². The Bertz CT molecular complexity index is 1070. The molecule has 6 heteroatoms. The lowest BCUT2D eigenvalue weighted by molar-refractivity contribution is 0.485. The van der Waals surface area contributed by atoms with E-state index in [4.69, 9.17) is 16.0 Å². The number of furan rings is 1. The summed E-state index contributed by atoms with van der Waals surface area (Å²) in [4.78, 5) is 0. The molecule has 0 amide bonds. The first-order valence-electron chi connectivity index (χ1n) is 9.00. The predicted molar refractivity (Wildman–Crippen MR) is 114 cm³/mol. The fraction of sp³-hybridized carbons (Fsp3) is 0.182. The Morgan fingerprint density at radius 2 is 1.86 bits per heavy atom. The van der Waals surface area contributed by atoms with Crippen LogP contribution in [0.5, 0.6) is 0 Å². The van der Waals surface area contributed by atoms with Gasteiger partial charge in [0.1, 0.15) is 5.76 Å². The van der Waals surface area contributed by atoms with Crippen molar-refractivity contribution >= 4 is 23.4 Å². The molecule has 4 nitrogen and oxygen atoms in total. The summed E-state index contributed by atoms with van der Waals surface area (Å²) in [5, 5.41) is 10.5. The van der Waals surface area contributed by atoms with Crippen molar-refractivity contribution in [2.45, 2.75) is 31.3 Å². The van der Waals surface area contributed by atoms with Crippen LogP contribution in [0.3, 0.4) is 0 Å². The van der Waals surface area contributed by atoms with Crippen molar-refractivity contribution in [1.82, 2.24) is 14.8 Å². The molecule has 0 saturated heterocycles. The van der Waals surface area contributed by atoms with Gasteiger partial charge in [0.15, 0.2) is 11.0 Å². The Labute approximate surface area is 173 Å². The molecule has 0 aliphatic carbocycles. The summed E-state index contributed by atoms with van der Waals surface area (Å²) in [5.41, 5.74) is 4.83. The Kier molecular flexibility index (Phi) is 5.55. The third-order valence-corrected chi connectivity index (χ3v) is 5.84. The Morgan fingerprint density at radius 1 is 1.04 bits per heavy atom. The zero-order valence-electron chi connectivity index (χ0n) is 15.7. The molecule has 2 heterocycles. The predicted octanol–water partition coefficient (Wildman–Crippen LogP) is 6.15. The van der Waals surface area contributed by atoms with E-state index >= 15 is 0 Å². The largest absolute Gasteiger partial charge is 0.467 e. The highest BCUT2D eigenvalue weighted by atomic mass is 35.5. The zero-order chi connectivity index (χ0) is 19.5. The van der Waals surface area contributed by atoms with Crippen molar-refractivity contribution in [2.75, 3.05) is 0 Å². The van der Waals surface area contributed by atoms with Crippen molar-refractivity contribution in [2.24, 2.45) is 0 Å². The lowest BCUT2D eigenvalue weighted by Crippen LogP contribution is -2.03. The summed E-state index contributed by atoms with van der Waals surface area (Å²) in [6.45, 7) is 4.83. The minimum atomic E-state index is 0.576. The van der Waals surface area contributed by atoms with Gasteiger partial charge in [-0.1, -0.05) is 47.1 Å². The number of benzene rings is 2. The molecule has 0 aliphatic heterocycles. The highest BCUT2D eigenvalue weighted by molar-refractivity contribution is 7.98. The quantitative estimate of drug-likeness (QED) is 0.358. The van der Waals surface area contributed by atoms with Gasteiger partial charge in [0.25, 0.3) is 0 Å². The molecule has 0 radical (unpaired) electrons. The van der Waals surface area contributed by atoms with Crippen LogP contribution >= 0.6 is 23.4 Å². The van der Waals surface area contributed by atoms with E-state index in [-0.39, 0.29) is 0 Å². The van der Waals surface area contributed by atoms with Crippen LogP contribution in [0.25, 0.3) is 11.4 Å². The number of hydrogen-bond donors (Lipinski definition) is 0. The van der Waals surface area contributed by atoms with E-state index in [9.17, 15) is 0 Å². The third-order valence-electron chi connectivity index (χ3n) is 4.57. The van der Waals surface area contributed by atoms with E-state index in [0.29, 0.717) is 11.6 Å². The maximum Gasteiger partial charge on any atom is 0.192 e. The Morgan fingerprint density at radius 3 is 2.61 bits per heavy atom. The average Bonchev–Trinajstić information content (AvgIpc) is 3.34. The van der Waals surface area contributed by atoms with Crippen LogP contribution in [0, 0.1) is 13.8 Å². The number of halogens is 1. The smallest absolute Gasteiger partial charge is 0.192 e. The first kappa shape index (κ1) is 18.8. The van der Waals surface area contributed by atoms with Crippen molar-refractivity contribution < 1.29 is 4.42 Å². The molecular formula is C22H20ClN3OS. The molecule has 0 atom stereocenters. The maximum atomic E-state index is 6.04. The average molecular weight is 410 g/mol. The fourth-order valence-corrected chi connectivity index (χ4v) is 4.13. The minimum absolute atomic E-state index is 0.576. The van der Waals surface area contributed by atoms with Gasteiger partial charge in [0.2, 0.25) is 0 Å². The van der Waals surface area contributed by atoms with Gasteiger partial charge < -0.3 is 4.42 Å². The highest BCUT2D eigenvalue weighted by Crippen LogP contribution is 2.29. The number of aryl methyl sites for hydroxylation is 2. The summed E-state index contributed by atoms with van der Waals surface area (Å²) in [6, 6.07) is 18.1. The van der Waals surface area contributed by atoms with Gasteiger partial charge in [-0.3, -0.25) is 4.57 Å². The molecule has 2 aromatic carbocycles. The molecule has 0 aliphatic rings. The van der Waals surface area contributed by atoms with Crippen molar-refractivity contribution in [3.8, 4) is 11.4 Å². The van der Waals surface area contributed by atoms with Crippen LogP contribution in [0.4, 0.5) is 0 Å². The first-order chi connectivity index (χ1) is 13.6. The molecule has 142 valence electrons. The number of hydrogen-bond acceptors (Lipinski definition) is 4. The summed E-state index contributed by atoms with van der Waals surface area (Å²) in [7, 11) is 0. The Balaban J connectivity index is 1.66. The number of rotatable bonds is 6. The second-order valence-electron chi connectivity index (χ2n) is 6.70. The lowest BCUT2D eigenvalue weighted by atomic mass is 10.1. The minimum Gasteiger partial charge on any atom is -0.467 e. The summed E-state index contributed by atoms with van der Waals surface area (Å²) in [5.74, 6) is 2.50. The number of thioether (sulfide) groups is 1. The maximum absolute atomic E-state index is 6.04. The molecule has 0 spiro atoms. The van der Waals surface area contributed by atoms with Crippen LogP contribution in [0.1, 0.15) is 22.5 Å². The van der Waals surface area contributed by atoms with Crippen LogP contribution in [-0.2, 0) is 12.3 Å². The van der Waals surface area contributed by atoms with Gasteiger partial charge >= 0.3 is 0 Å². The standard InChI is InChI=1S/C22H20ClN3OS/c1-15-5-6-16(2)18(12-15)14-28-22-25-24-21(17-7-9-19(23)10-8-17)26(22)13-20-4-3-11-27-20/h3-12H,13-14H2,1-2H3. The SMILES string of the molecule is Cc1ccc(C)c(CSc2nnc(-c3ccc(Cl)cc3)n2Cc2ccco2)c1. The monoisotopic (exact) mass is 409 g/mol. The zero-order valence-corrected chi connectivity index (χ0v) is 17.3. The van der Waals surface area contributed by atoms with Gasteiger partial charge in [-0.15, -0.1) is 10.2 Å². The molecule has 2 aromatic heterocycles. The Hall–Kier alpha value is -2.50. The van der Waals surface area contributed by atoms with E-state index in [1.807, 2.05) is 36.4 Å². The molecular weight excluding hydrogens is 390 g/mol. The van der Waals surface area contributed by atoms with Crippen molar-refractivity contribution in [1.29, 1.82) is 0 Å². The van der Waals surface area contributed by atoms with E-state index in [2.05, 4.69) is 46.8 Å². The van der Waals surface area contributed by atoms with Crippen LogP contribution < -0.4 is 0 Å². The van der Waals surface area contributed by atoms with Crippen LogP contribution in [0.2, 0.25) is 5.02 Å².